The molecular formula is C13H12F3N3O3. The van der Waals surface area contributed by atoms with Crippen LogP contribution in [0.15, 0.2) is 46.0 Å². The van der Waals surface area contributed by atoms with Crippen LogP contribution < -0.4 is 16.6 Å². The van der Waals surface area contributed by atoms with Gasteiger partial charge >= 0.3 is 11.9 Å². The van der Waals surface area contributed by atoms with Crippen molar-refractivity contribution in [1.29, 1.82) is 0 Å². The highest BCUT2D eigenvalue weighted by molar-refractivity contribution is 5.35. The lowest BCUT2D eigenvalue weighted by molar-refractivity contribution is -0.141. The van der Waals surface area contributed by atoms with Crippen LogP contribution in [0.25, 0.3) is 0 Å². The first-order chi connectivity index (χ1) is 10.3. The normalized spacial score (nSPS) is 12.9. The van der Waals surface area contributed by atoms with E-state index in [9.17, 15) is 27.9 Å². The average molecular weight is 315 g/mol. The molecule has 0 bridgehead atoms. The molecule has 0 aliphatic carbocycles. The van der Waals surface area contributed by atoms with Gasteiger partial charge in [-0.05, 0) is 0 Å². The van der Waals surface area contributed by atoms with Gasteiger partial charge in [-0.2, -0.15) is 13.2 Å². The summed E-state index contributed by atoms with van der Waals surface area (Å²) < 4.78 is 36.8. The van der Waals surface area contributed by atoms with Crippen LogP contribution >= 0.6 is 0 Å². The summed E-state index contributed by atoms with van der Waals surface area (Å²) in [7, 11) is 0. The zero-order valence-corrected chi connectivity index (χ0v) is 11.1. The Balaban J connectivity index is 2.24. The van der Waals surface area contributed by atoms with E-state index < -0.39 is 30.2 Å². The second kappa shape index (κ2) is 6.06. The number of H-pyrrole nitrogens is 1. The standard InChI is InChI=1S/C13H12F3N3O3/c14-13(15,16)7-19-10(20)6-9(18-12(19)22)17-11(21)8-4-2-1-3-5-8/h1-6,11,17,21H,7H2,(H,18,22)/t11-/m0/s1. The van der Waals surface area contributed by atoms with E-state index in [4.69, 9.17) is 0 Å². The Kier molecular flexibility index (Phi) is 4.36. The number of alkyl halides is 3. The minimum atomic E-state index is -4.69. The summed E-state index contributed by atoms with van der Waals surface area (Å²) in [6.45, 7) is -1.68. The number of aromatic nitrogens is 2. The fourth-order valence-electron chi connectivity index (χ4n) is 1.79. The average Bonchev–Trinajstić information content (AvgIpc) is 2.43. The van der Waals surface area contributed by atoms with Crippen LogP contribution in [0.2, 0.25) is 0 Å². The van der Waals surface area contributed by atoms with Crippen molar-refractivity contribution in [2.45, 2.75) is 18.9 Å². The van der Waals surface area contributed by atoms with Crippen molar-refractivity contribution in [3.63, 3.8) is 0 Å². The van der Waals surface area contributed by atoms with Crippen molar-refractivity contribution in [3.8, 4) is 0 Å². The lowest BCUT2D eigenvalue weighted by atomic mass is 10.2. The number of hydrogen-bond acceptors (Lipinski definition) is 4. The lowest BCUT2D eigenvalue weighted by Crippen LogP contribution is -2.39. The number of anilines is 1. The fourth-order valence-corrected chi connectivity index (χ4v) is 1.79. The molecule has 22 heavy (non-hydrogen) atoms. The fraction of sp³-hybridized carbons (Fsp3) is 0.231. The molecular weight excluding hydrogens is 303 g/mol. The van der Waals surface area contributed by atoms with Crippen LogP contribution in [0.5, 0.6) is 0 Å². The Bertz CT molecular complexity index is 722. The summed E-state index contributed by atoms with van der Waals surface area (Å²) in [5.41, 5.74) is -1.88. The minimum Gasteiger partial charge on any atom is -0.369 e. The number of hydrogen-bond donors (Lipinski definition) is 3. The molecule has 0 saturated heterocycles. The molecule has 0 fully saturated rings. The molecule has 0 saturated carbocycles. The van der Waals surface area contributed by atoms with Gasteiger partial charge in [0.1, 0.15) is 12.4 Å². The molecule has 3 N–H and O–H groups in total. The first-order valence-electron chi connectivity index (χ1n) is 6.17. The molecule has 0 aliphatic heterocycles. The number of nitrogens with one attached hydrogen (secondary N) is 2. The second-order valence-corrected chi connectivity index (χ2v) is 4.49. The van der Waals surface area contributed by atoms with Gasteiger partial charge in [0, 0.05) is 11.6 Å². The largest absolute Gasteiger partial charge is 0.406 e. The van der Waals surface area contributed by atoms with Crippen molar-refractivity contribution in [2.24, 2.45) is 0 Å². The number of halogens is 3. The molecule has 1 heterocycles. The maximum atomic E-state index is 12.3. The summed E-state index contributed by atoms with van der Waals surface area (Å²) in [5.74, 6) is -0.176. The van der Waals surface area contributed by atoms with Crippen molar-refractivity contribution in [2.75, 3.05) is 5.32 Å². The molecule has 0 amide bonds. The van der Waals surface area contributed by atoms with Gasteiger partial charge in [0.25, 0.3) is 5.56 Å². The molecule has 2 rings (SSSR count). The van der Waals surface area contributed by atoms with E-state index in [1.165, 1.54) is 0 Å². The quantitative estimate of drug-likeness (QED) is 0.740. The summed E-state index contributed by atoms with van der Waals surface area (Å²) in [4.78, 5) is 25.2. The minimum absolute atomic E-state index is 0.0279. The van der Waals surface area contributed by atoms with Crippen molar-refractivity contribution in [3.05, 3.63) is 62.8 Å². The smallest absolute Gasteiger partial charge is 0.369 e. The summed E-state index contributed by atoms with van der Waals surface area (Å²) in [6.07, 6.45) is -5.91. The number of aliphatic hydroxyl groups excluding tert-OH is 1. The van der Waals surface area contributed by atoms with Gasteiger partial charge in [-0.25, -0.2) is 4.79 Å². The number of nitrogens with zero attached hydrogens (tertiary/aromatic N) is 1. The Morgan fingerprint density at radius 1 is 1.23 bits per heavy atom. The van der Waals surface area contributed by atoms with Gasteiger partial charge < -0.3 is 10.4 Å². The topological polar surface area (TPSA) is 87.1 Å². The highest BCUT2D eigenvalue weighted by Crippen LogP contribution is 2.16. The number of aliphatic hydroxyl groups is 1. The van der Waals surface area contributed by atoms with E-state index in [-0.39, 0.29) is 10.4 Å². The number of rotatable bonds is 4. The van der Waals surface area contributed by atoms with Gasteiger partial charge in [-0.1, -0.05) is 30.3 Å². The molecule has 9 heteroatoms. The monoisotopic (exact) mass is 315 g/mol. The van der Waals surface area contributed by atoms with Gasteiger partial charge in [0.15, 0.2) is 6.23 Å². The summed E-state index contributed by atoms with van der Waals surface area (Å²) in [5, 5.41) is 12.3. The van der Waals surface area contributed by atoms with Crippen LogP contribution in [0.3, 0.4) is 0 Å². The van der Waals surface area contributed by atoms with Gasteiger partial charge in [-0.15, -0.1) is 0 Å². The van der Waals surface area contributed by atoms with E-state index in [0.29, 0.717) is 5.56 Å². The molecule has 1 aromatic carbocycles. The van der Waals surface area contributed by atoms with E-state index in [1.54, 1.807) is 30.3 Å². The predicted octanol–water partition coefficient (Wildman–Crippen LogP) is 1.20. The number of aromatic amines is 1. The van der Waals surface area contributed by atoms with E-state index >= 15 is 0 Å². The third-order valence-corrected chi connectivity index (χ3v) is 2.77. The van der Waals surface area contributed by atoms with Crippen molar-refractivity contribution < 1.29 is 18.3 Å². The van der Waals surface area contributed by atoms with Crippen molar-refractivity contribution >= 4 is 5.82 Å². The van der Waals surface area contributed by atoms with Gasteiger partial charge in [0.2, 0.25) is 0 Å². The zero-order valence-electron chi connectivity index (χ0n) is 11.1. The van der Waals surface area contributed by atoms with Crippen LogP contribution in [0.1, 0.15) is 11.8 Å². The van der Waals surface area contributed by atoms with Gasteiger partial charge in [0.05, 0.1) is 0 Å². The summed E-state index contributed by atoms with van der Waals surface area (Å²) >= 11 is 0. The van der Waals surface area contributed by atoms with Crippen molar-refractivity contribution in [1.82, 2.24) is 9.55 Å². The first-order valence-corrected chi connectivity index (χ1v) is 6.17. The SMILES string of the molecule is O=c1cc(N[C@@H](O)c2ccccc2)[nH]c(=O)n1CC(F)(F)F. The number of benzene rings is 1. The maximum Gasteiger partial charge on any atom is 0.406 e. The molecule has 2 aromatic rings. The molecule has 1 aromatic heterocycles. The first kappa shape index (κ1) is 15.8. The molecule has 0 spiro atoms. The highest BCUT2D eigenvalue weighted by atomic mass is 19.4. The maximum absolute atomic E-state index is 12.3. The highest BCUT2D eigenvalue weighted by Gasteiger charge is 2.29. The zero-order chi connectivity index (χ0) is 16.3. The molecule has 0 aliphatic rings. The van der Waals surface area contributed by atoms with E-state index in [2.05, 4.69) is 10.3 Å². The lowest BCUT2D eigenvalue weighted by Gasteiger charge is -2.15. The third-order valence-electron chi connectivity index (χ3n) is 2.77. The summed E-state index contributed by atoms with van der Waals surface area (Å²) in [6, 6.07) is 9.05. The molecule has 0 unspecified atom stereocenters. The Morgan fingerprint density at radius 2 is 1.86 bits per heavy atom. The predicted molar refractivity (Wildman–Crippen MR) is 72.4 cm³/mol. The van der Waals surface area contributed by atoms with Gasteiger partial charge in [-0.3, -0.25) is 14.3 Å². The van der Waals surface area contributed by atoms with Crippen LogP contribution in [-0.4, -0.2) is 20.8 Å². The van der Waals surface area contributed by atoms with E-state index in [0.717, 1.165) is 6.07 Å². The van der Waals surface area contributed by atoms with Crippen LogP contribution in [0.4, 0.5) is 19.0 Å². The second-order valence-electron chi connectivity index (χ2n) is 4.49. The molecule has 0 radical (unpaired) electrons. The molecule has 1 atom stereocenters. The van der Waals surface area contributed by atoms with Crippen LogP contribution in [-0.2, 0) is 6.54 Å². The Labute approximate surface area is 121 Å². The van der Waals surface area contributed by atoms with E-state index in [1.807, 2.05) is 0 Å². The Hall–Kier alpha value is -2.55. The Morgan fingerprint density at radius 3 is 2.41 bits per heavy atom. The molecule has 118 valence electrons. The molecule has 6 nitrogen and oxygen atoms in total. The third kappa shape index (κ3) is 3.98. The van der Waals surface area contributed by atoms with Crippen LogP contribution in [0, 0.1) is 0 Å².